The van der Waals surface area contributed by atoms with Crippen LogP contribution >= 0.6 is 15.9 Å². The fourth-order valence-electron chi connectivity index (χ4n) is 1.68. The topological polar surface area (TPSA) is 69.7 Å². The molecule has 1 amide bonds. The summed E-state index contributed by atoms with van der Waals surface area (Å²) in [5.41, 5.74) is 1.75. The number of hydrogen-bond acceptors (Lipinski definition) is 3. The Balaban J connectivity index is 2.80. The van der Waals surface area contributed by atoms with Crippen LogP contribution in [0.2, 0.25) is 0 Å². The average Bonchev–Trinajstić information content (AvgIpc) is 2.37. The molecule has 1 aromatic carbocycles. The van der Waals surface area contributed by atoms with E-state index in [1.807, 2.05) is 25.1 Å². The van der Waals surface area contributed by atoms with Gasteiger partial charge in [-0.25, -0.2) is 4.72 Å². The Labute approximate surface area is 134 Å². The van der Waals surface area contributed by atoms with E-state index in [1.54, 1.807) is 0 Å². The molecule has 0 aliphatic heterocycles. The summed E-state index contributed by atoms with van der Waals surface area (Å²) in [6.07, 6.45) is 0. The monoisotopic (exact) mass is 377 g/mol. The van der Waals surface area contributed by atoms with Crippen molar-refractivity contribution < 1.29 is 13.2 Å². The number of amides is 1. The lowest BCUT2D eigenvalue weighted by Gasteiger charge is -2.22. The Kier molecular flexibility index (Phi) is 6.33. The largest absolute Gasteiger partial charge is 0.311 e. The van der Waals surface area contributed by atoms with E-state index in [0.29, 0.717) is 0 Å². The van der Waals surface area contributed by atoms with Crippen molar-refractivity contribution in [2.45, 2.75) is 13.8 Å². The first-order valence-corrected chi connectivity index (χ1v) is 8.60. The van der Waals surface area contributed by atoms with Crippen molar-refractivity contribution in [2.75, 3.05) is 32.1 Å². The van der Waals surface area contributed by atoms with Crippen LogP contribution in [0.3, 0.4) is 0 Å². The molecule has 0 aliphatic rings. The molecule has 6 nitrogen and oxygen atoms in total. The van der Waals surface area contributed by atoms with Gasteiger partial charge >= 0.3 is 0 Å². The van der Waals surface area contributed by atoms with Crippen molar-refractivity contribution in [1.82, 2.24) is 9.03 Å². The number of carbonyl (C=O) groups excluding carboxylic acids is 1. The molecule has 0 unspecified atom stereocenters. The molecule has 1 N–H and O–H groups in total. The first kappa shape index (κ1) is 18.1. The summed E-state index contributed by atoms with van der Waals surface area (Å²) in [6.45, 7) is 3.80. The third-order valence-corrected chi connectivity index (χ3v) is 5.35. The molecule has 1 rings (SSSR count). The highest BCUT2D eigenvalue weighted by atomic mass is 79.9. The minimum absolute atomic E-state index is 0.138. The molecule has 0 heterocycles. The zero-order valence-electron chi connectivity index (χ0n) is 12.6. The predicted octanol–water partition coefficient (Wildman–Crippen LogP) is 1.51. The SMILES string of the molecule is CC(=O)N(CCNS(=O)(=O)N(C)C)c1ccc(Br)c(C)c1. The Morgan fingerprint density at radius 1 is 1.33 bits per heavy atom. The van der Waals surface area contributed by atoms with Crippen LogP contribution in [0.1, 0.15) is 12.5 Å². The van der Waals surface area contributed by atoms with E-state index in [1.165, 1.54) is 25.9 Å². The van der Waals surface area contributed by atoms with Crippen LogP contribution in [-0.2, 0) is 15.0 Å². The number of halogens is 1. The summed E-state index contributed by atoms with van der Waals surface area (Å²) in [5, 5.41) is 0. The highest BCUT2D eigenvalue weighted by Gasteiger charge is 2.16. The number of nitrogens with zero attached hydrogens (tertiary/aromatic N) is 2. The number of rotatable bonds is 6. The number of anilines is 1. The summed E-state index contributed by atoms with van der Waals surface area (Å²) in [4.78, 5) is 13.3. The Morgan fingerprint density at radius 2 is 1.95 bits per heavy atom. The number of benzene rings is 1. The molecule has 1 aromatic rings. The third kappa shape index (κ3) is 5.06. The average molecular weight is 378 g/mol. The van der Waals surface area contributed by atoms with Crippen molar-refractivity contribution in [3.8, 4) is 0 Å². The fraction of sp³-hybridized carbons (Fsp3) is 0.462. The predicted molar refractivity (Wildman–Crippen MR) is 87.5 cm³/mol. The Bertz CT molecular complexity index is 617. The Morgan fingerprint density at radius 3 is 2.43 bits per heavy atom. The van der Waals surface area contributed by atoms with E-state index in [-0.39, 0.29) is 19.0 Å². The van der Waals surface area contributed by atoms with E-state index in [2.05, 4.69) is 20.7 Å². The quantitative estimate of drug-likeness (QED) is 0.816. The lowest BCUT2D eigenvalue weighted by atomic mass is 10.2. The number of aryl methyl sites for hydroxylation is 1. The second-order valence-electron chi connectivity index (χ2n) is 4.79. The molecule has 0 bridgehead atoms. The highest BCUT2D eigenvalue weighted by Crippen LogP contribution is 2.22. The van der Waals surface area contributed by atoms with Crippen LogP contribution in [0.4, 0.5) is 5.69 Å². The van der Waals surface area contributed by atoms with Gasteiger partial charge in [0.2, 0.25) is 5.91 Å². The van der Waals surface area contributed by atoms with E-state index >= 15 is 0 Å². The molecular formula is C13H20BrN3O3S. The van der Waals surface area contributed by atoms with Crippen LogP contribution in [-0.4, -0.2) is 45.8 Å². The lowest BCUT2D eigenvalue weighted by Crippen LogP contribution is -2.41. The van der Waals surface area contributed by atoms with Gasteiger partial charge in [-0.2, -0.15) is 12.7 Å². The van der Waals surface area contributed by atoms with Gasteiger partial charge in [0.25, 0.3) is 10.2 Å². The van der Waals surface area contributed by atoms with Crippen LogP contribution in [0, 0.1) is 6.92 Å². The number of hydrogen-bond donors (Lipinski definition) is 1. The maximum Gasteiger partial charge on any atom is 0.278 e. The summed E-state index contributed by atoms with van der Waals surface area (Å²) in [5.74, 6) is -0.138. The fourth-order valence-corrected chi connectivity index (χ4v) is 2.53. The molecule has 8 heteroatoms. The summed E-state index contributed by atoms with van der Waals surface area (Å²) in [6, 6.07) is 5.56. The van der Waals surface area contributed by atoms with Crippen molar-refractivity contribution in [1.29, 1.82) is 0 Å². The molecule has 0 atom stereocenters. The third-order valence-electron chi connectivity index (χ3n) is 2.93. The second-order valence-corrected chi connectivity index (χ2v) is 7.61. The number of nitrogens with one attached hydrogen (secondary N) is 1. The van der Waals surface area contributed by atoms with Crippen LogP contribution < -0.4 is 9.62 Å². The zero-order valence-corrected chi connectivity index (χ0v) is 15.0. The molecule has 0 saturated carbocycles. The van der Waals surface area contributed by atoms with Gasteiger partial charge in [-0.15, -0.1) is 0 Å². The van der Waals surface area contributed by atoms with Gasteiger partial charge in [0.05, 0.1) is 0 Å². The summed E-state index contributed by atoms with van der Waals surface area (Å²) in [7, 11) is -0.584. The minimum atomic E-state index is -3.48. The normalized spacial score (nSPS) is 11.7. The van der Waals surface area contributed by atoms with Crippen molar-refractivity contribution in [3.63, 3.8) is 0 Å². The molecule has 0 radical (unpaired) electrons. The maximum atomic E-state index is 11.8. The molecule has 0 spiro atoms. The molecule has 0 saturated heterocycles. The van der Waals surface area contributed by atoms with E-state index < -0.39 is 10.2 Å². The Hall–Kier alpha value is -0.960. The highest BCUT2D eigenvalue weighted by molar-refractivity contribution is 9.10. The van der Waals surface area contributed by atoms with Gasteiger partial charge in [0.15, 0.2) is 0 Å². The molecule has 21 heavy (non-hydrogen) atoms. The van der Waals surface area contributed by atoms with E-state index in [4.69, 9.17) is 0 Å². The van der Waals surface area contributed by atoms with Gasteiger partial charge in [-0.3, -0.25) is 4.79 Å². The van der Waals surface area contributed by atoms with Gasteiger partial charge in [0.1, 0.15) is 0 Å². The van der Waals surface area contributed by atoms with E-state index in [9.17, 15) is 13.2 Å². The van der Waals surface area contributed by atoms with Crippen LogP contribution in [0.5, 0.6) is 0 Å². The van der Waals surface area contributed by atoms with Crippen LogP contribution in [0.15, 0.2) is 22.7 Å². The lowest BCUT2D eigenvalue weighted by molar-refractivity contribution is -0.116. The van der Waals surface area contributed by atoms with Gasteiger partial charge in [0, 0.05) is 44.3 Å². The van der Waals surface area contributed by atoms with Gasteiger partial charge < -0.3 is 4.90 Å². The maximum absolute atomic E-state index is 11.8. The summed E-state index contributed by atoms with van der Waals surface area (Å²) >= 11 is 3.41. The van der Waals surface area contributed by atoms with Gasteiger partial charge in [-0.05, 0) is 30.7 Å². The molecule has 0 aromatic heterocycles. The number of carbonyl (C=O) groups is 1. The first-order chi connectivity index (χ1) is 9.65. The molecular weight excluding hydrogens is 358 g/mol. The van der Waals surface area contributed by atoms with Crippen molar-refractivity contribution >= 4 is 37.7 Å². The smallest absolute Gasteiger partial charge is 0.278 e. The molecule has 118 valence electrons. The summed E-state index contributed by atoms with van der Waals surface area (Å²) < 4.78 is 27.7. The molecule has 0 fully saturated rings. The zero-order chi connectivity index (χ0) is 16.2. The second kappa shape index (κ2) is 7.35. The standard InChI is InChI=1S/C13H20BrN3O3S/c1-10-9-12(5-6-13(10)14)17(11(2)18)8-7-15-21(19,20)16(3)4/h5-6,9,15H,7-8H2,1-4H3. The molecule has 0 aliphatic carbocycles. The first-order valence-electron chi connectivity index (χ1n) is 6.36. The minimum Gasteiger partial charge on any atom is -0.311 e. The van der Waals surface area contributed by atoms with E-state index in [0.717, 1.165) is 20.0 Å². The van der Waals surface area contributed by atoms with Crippen molar-refractivity contribution in [3.05, 3.63) is 28.2 Å². The van der Waals surface area contributed by atoms with Crippen molar-refractivity contribution in [2.24, 2.45) is 0 Å². The van der Waals surface area contributed by atoms with Crippen LogP contribution in [0.25, 0.3) is 0 Å². The van der Waals surface area contributed by atoms with Gasteiger partial charge in [-0.1, -0.05) is 15.9 Å².